The van der Waals surface area contributed by atoms with E-state index in [0.29, 0.717) is 12.1 Å². The van der Waals surface area contributed by atoms with Gasteiger partial charge in [-0.3, -0.25) is 32.9 Å². The molecule has 3 N–H and O–H groups in total. The lowest BCUT2D eigenvalue weighted by Crippen LogP contribution is -2.42. The highest BCUT2D eigenvalue weighted by Gasteiger charge is 2.64. The van der Waals surface area contributed by atoms with Crippen LogP contribution in [0.15, 0.2) is 35.5 Å². The highest BCUT2D eigenvalue weighted by atomic mass is 31.2. The van der Waals surface area contributed by atoms with Crippen LogP contribution in [-0.2, 0) is 32.3 Å². The number of nitrogens with zero attached hydrogens (tertiary/aromatic N) is 4. The molecule has 190 valence electrons. The van der Waals surface area contributed by atoms with E-state index < -0.39 is 49.7 Å². The molecule has 36 heavy (non-hydrogen) atoms. The Bertz CT molecular complexity index is 1430. The summed E-state index contributed by atoms with van der Waals surface area (Å²) in [6.45, 7) is 1.42. The quantitative estimate of drug-likeness (QED) is 0.364. The van der Waals surface area contributed by atoms with Gasteiger partial charge in [-0.25, -0.2) is 14.3 Å². The Balaban J connectivity index is 1.25. The van der Waals surface area contributed by atoms with E-state index in [-0.39, 0.29) is 30.3 Å². The van der Waals surface area contributed by atoms with E-state index in [0.717, 1.165) is 0 Å². The maximum Gasteiger partial charge on any atom is 0.509 e. The molecule has 16 heteroatoms. The van der Waals surface area contributed by atoms with Crippen molar-refractivity contribution in [2.24, 2.45) is 0 Å². The van der Waals surface area contributed by atoms with Gasteiger partial charge in [0.2, 0.25) is 5.95 Å². The average Bonchev–Trinajstić information content (AvgIpc) is 3.47. The van der Waals surface area contributed by atoms with E-state index in [1.807, 2.05) is 0 Å². The lowest BCUT2D eigenvalue weighted by atomic mass is 9.96. The van der Waals surface area contributed by atoms with Gasteiger partial charge in [0.15, 0.2) is 29.1 Å². The van der Waals surface area contributed by atoms with Crippen molar-refractivity contribution in [2.75, 3.05) is 18.9 Å². The lowest BCUT2D eigenvalue weighted by Gasteiger charge is -2.29. The normalized spacial score (nSPS) is 33.9. The Hall–Kier alpha value is -3.36. The van der Waals surface area contributed by atoms with Crippen molar-refractivity contribution in [3.8, 4) is 0 Å². The van der Waals surface area contributed by atoms with Crippen LogP contribution in [0.1, 0.15) is 31.4 Å². The predicted octanol–water partition coefficient (Wildman–Crippen LogP) is 1.59. The van der Waals surface area contributed by atoms with Gasteiger partial charge in [-0.15, -0.1) is 0 Å². The molecular formula is C20H21N6O9P. The molecule has 0 unspecified atom stereocenters. The van der Waals surface area contributed by atoms with Crippen LogP contribution in [0.2, 0.25) is 0 Å². The van der Waals surface area contributed by atoms with Crippen molar-refractivity contribution in [3.05, 3.63) is 46.8 Å². The molecule has 3 saturated heterocycles. The third-order valence-electron chi connectivity index (χ3n) is 6.23. The summed E-state index contributed by atoms with van der Waals surface area (Å²) in [6, 6.07) is 5.32. The smallest absolute Gasteiger partial charge is 0.424 e. The first kappa shape index (κ1) is 23.1. The number of phosphoric ester groups is 1. The van der Waals surface area contributed by atoms with E-state index in [1.54, 1.807) is 31.3 Å². The van der Waals surface area contributed by atoms with Crippen LogP contribution >= 0.6 is 7.82 Å². The predicted molar refractivity (Wildman–Crippen MR) is 118 cm³/mol. The van der Waals surface area contributed by atoms with E-state index >= 15 is 0 Å². The number of pyridine rings is 1. The molecule has 3 aliphatic heterocycles. The minimum Gasteiger partial charge on any atom is -0.424 e. The largest absolute Gasteiger partial charge is 0.509 e. The zero-order chi connectivity index (χ0) is 25.1. The number of nitrogens with two attached hydrogens (primary N) is 1. The number of hydrogen-bond donors (Lipinski definition) is 2. The lowest BCUT2D eigenvalue weighted by molar-refractivity contribution is -0.0926. The molecule has 6 heterocycles. The summed E-state index contributed by atoms with van der Waals surface area (Å²) < 4.78 is 48.1. The third kappa shape index (κ3) is 3.76. The van der Waals surface area contributed by atoms with Gasteiger partial charge in [0, 0.05) is 12.6 Å². The van der Waals surface area contributed by atoms with Crippen molar-refractivity contribution in [2.45, 2.75) is 43.5 Å². The second-order valence-electron chi connectivity index (χ2n) is 8.59. The molecule has 0 amide bonds. The van der Waals surface area contributed by atoms with Gasteiger partial charge in [-0.2, -0.15) is 4.98 Å². The fraction of sp³-hybridized carbons (Fsp3) is 0.450. The molecule has 3 fully saturated rings. The Morgan fingerprint density at radius 2 is 2.19 bits per heavy atom. The third-order valence-corrected chi connectivity index (χ3v) is 7.70. The molecule has 3 aromatic heterocycles. The number of nitrogens with one attached hydrogen (secondary N) is 1. The number of hydrogen-bond acceptors (Lipinski definition) is 13. The monoisotopic (exact) mass is 520 g/mol. The van der Waals surface area contributed by atoms with Crippen molar-refractivity contribution in [1.29, 1.82) is 0 Å². The van der Waals surface area contributed by atoms with Gasteiger partial charge < -0.3 is 19.9 Å². The number of H-pyrrole nitrogens is 1. The summed E-state index contributed by atoms with van der Waals surface area (Å²) >= 11 is 0. The molecule has 3 aliphatic rings. The number of fused-ring (bicyclic) bond motifs is 2. The van der Waals surface area contributed by atoms with Gasteiger partial charge in [0.1, 0.15) is 12.2 Å². The zero-order valence-corrected chi connectivity index (χ0v) is 19.7. The molecular weight excluding hydrogens is 499 g/mol. The fourth-order valence-corrected chi connectivity index (χ4v) is 5.96. The number of phosphoric acid groups is 1. The zero-order valence-electron chi connectivity index (χ0n) is 18.8. The highest BCUT2D eigenvalue weighted by Crippen LogP contribution is 2.57. The van der Waals surface area contributed by atoms with Crippen molar-refractivity contribution in [1.82, 2.24) is 24.5 Å². The van der Waals surface area contributed by atoms with Crippen molar-refractivity contribution < 1.29 is 37.1 Å². The summed E-state index contributed by atoms with van der Waals surface area (Å²) in [7, 11) is -3.99. The Morgan fingerprint density at radius 1 is 1.33 bits per heavy atom. The first-order chi connectivity index (χ1) is 17.3. The summed E-state index contributed by atoms with van der Waals surface area (Å²) in [5, 5.41) is 0. The molecule has 0 radical (unpaired) electrons. The van der Waals surface area contributed by atoms with Gasteiger partial charge in [0.25, 0.3) is 5.56 Å². The number of carbonyl (C=O) groups is 1. The summed E-state index contributed by atoms with van der Waals surface area (Å²) in [5.41, 5.74) is 4.55. The van der Waals surface area contributed by atoms with E-state index in [4.69, 9.17) is 33.5 Å². The molecule has 15 nitrogen and oxygen atoms in total. The second-order valence-corrected chi connectivity index (χ2v) is 10.2. The Labute approximate surface area is 202 Å². The number of aromatic amines is 1. The van der Waals surface area contributed by atoms with Crippen LogP contribution < -0.4 is 11.3 Å². The number of anilines is 1. The van der Waals surface area contributed by atoms with Crippen molar-refractivity contribution in [3.63, 3.8) is 0 Å². The van der Waals surface area contributed by atoms with E-state index in [1.165, 1.54) is 10.9 Å². The number of imidazole rings is 1. The van der Waals surface area contributed by atoms with Gasteiger partial charge in [0.05, 0.1) is 25.2 Å². The van der Waals surface area contributed by atoms with Crippen LogP contribution in [0.3, 0.4) is 0 Å². The minimum absolute atomic E-state index is 0.0203. The topological polar surface area (TPSA) is 192 Å². The molecule has 0 saturated carbocycles. The molecule has 0 aliphatic carbocycles. The van der Waals surface area contributed by atoms with E-state index in [2.05, 4.69) is 19.9 Å². The van der Waals surface area contributed by atoms with Gasteiger partial charge in [-0.1, -0.05) is 6.07 Å². The number of ether oxygens (including phenoxy) is 3. The van der Waals surface area contributed by atoms with Crippen LogP contribution in [0, 0.1) is 0 Å². The van der Waals surface area contributed by atoms with Crippen LogP contribution in [0.5, 0.6) is 0 Å². The molecule has 6 atom stereocenters. The molecule has 3 aromatic rings. The maximum atomic E-state index is 13.2. The first-order valence-corrected chi connectivity index (χ1v) is 12.5. The average molecular weight is 520 g/mol. The van der Waals surface area contributed by atoms with Crippen LogP contribution in [0.4, 0.5) is 10.7 Å². The molecule has 0 aromatic carbocycles. The number of carbonyl (C=O) groups excluding carboxylic acids is 1. The Morgan fingerprint density at radius 3 is 3.00 bits per heavy atom. The first-order valence-electron chi connectivity index (χ1n) is 11.0. The summed E-state index contributed by atoms with van der Waals surface area (Å²) in [6.07, 6.45) is -1.01. The van der Waals surface area contributed by atoms with Crippen LogP contribution in [0.25, 0.3) is 11.2 Å². The second kappa shape index (κ2) is 8.35. The highest BCUT2D eigenvalue weighted by molar-refractivity contribution is 7.48. The van der Waals surface area contributed by atoms with Crippen molar-refractivity contribution >= 4 is 31.1 Å². The molecule has 0 spiro atoms. The summed E-state index contributed by atoms with van der Waals surface area (Å²) in [4.78, 5) is 39.1. The van der Waals surface area contributed by atoms with Crippen LogP contribution in [-0.4, -0.2) is 61.7 Å². The minimum atomic E-state index is -3.99. The number of aromatic nitrogens is 5. The summed E-state index contributed by atoms with van der Waals surface area (Å²) in [5.74, 6) is -0.124. The molecule has 0 bridgehead atoms. The SMILES string of the molecule is C[C@@]12OC(=O)O[C@@H]1[C@@H](CO[P@@]1(=O)OCC[C@@H](c3ccccn3)O1)O[C@H]2n1cnc2c(=O)[nH]c(N)nc21. The van der Waals surface area contributed by atoms with E-state index in [9.17, 15) is 14.2 Å². The fourth-order valence-electron chi connectivity index (χ4n) is 4.58. The Kier molecular flexibility index (Phi) is 5.35. The number of rotatable bonds is 5. The standard InChI is InChI=1S/C20H21N6O9P/c1-20-14(33-19(28)34-20)12(32-17(20)26-9-23-13-15(26)24-18(21)25-16(13)27)8-31-36(29)30-7-5-11(35-36)10-4-2-3-6-22-10/h2-4,6,9,11-12,14,17H,5,7-8H2,1H3,(H3,21,24,25,27)/t11-,12+,14+,17+,20+,36+/m0/s1. The van der Waals surface area contributed by atoms with Gasteiger partial charge >= 0.3 is 14.0 Å². The number of nitrogen functional groups attached to an aromatic ring is 1. The molecule has 6 rings (SSSR count). The maximum absolute atomic E-state index is 13.2. The van der Waals surface area contributed by atoms with Gasteiger partial charge in [-0.05, 0) is 19.1 Å².